The van der Waals surface area contributed by atoms with Crippen LogP contribution in [0, 0.1) is 11.1 Å². The van der Waals surface area contributed by atoms with E-state index in [4.69, 9.17) is 9.47 Å². The molecule has 1 aliphatic heterocycles. The van der Waals surface area contributed by atoms with Crippen LogP contribution < -0.4 is 15.4 Å². The number of aliphatic hydroxyl groups excluding tert-OH is 1. The van der Waals surface area contributed by atoms with Gasteiger partial charge in [0.25, 0.3) is 5.03 Å². The van der Waals surface area contributed by atoms with E-state index in [1.165, 1.54) is 18.0 Å². The van der Waals surface area contributed by atoms with E-state index in [2.05, 4.69) is 17.6 Å². The number of carbonyl (C=O) groups is 1. The van der Waals surface area contributed by atoms with Crippen LogP contribution in [-0.2, 0) is 16.1 Å². The molecule has 8 nitrogen and oxygen atoms in total. The zero-order chi connectivity index (χ0) is 25.5. The van der Waals surface area contributed by atoms with Crippen LogP contribution in [0.1, 0.15) is 42.9 Å². The molecule has 0 radical (unpaired) electrons. The van der Waals surface area contributed by atoms with Crippen molar-refractivity contribution in [2.45, 2.75) is 44.0 Å². The highest BCUT2D eigenvalue weighted by molar-refractivity contribution is 7.99. The Morgan fingerprint density at radius 3 is 2.61 bits per heavy atom. The summed E-state index contributed by atoms with van der Waals surface area (Å²) in [5, 5.41) is 27.7. The van der Waals surface area contributed by atoms with Crippen LogP contribution in [0.4, 0.5) is 10.5 Å². The highest BCUT2D eigenvalue weighted by atomic mass is 32.2. The number of nitrogens with one attached hydrogen (secondary N) is 2. The van der Waals surface area contributed by atoms with Crippen LogP contribution in [0.25, 0.3) is 0 Å². The van der Waals surface area contributed by atoms with Crippen molar-refractivity contribution in [2.24, 2.45) is 5.92 Å². The number of nitrogens with zero attached hydrogens (tertiary/aromatic N) is 1. The highest BCUT2D eigenvalue weighted by Gasteiger charge is 2.38. The predicted molar refractivity (Wildman–Crippen MR) is 138 cm³/mol. The monoisotopic (exact) mass is 509 g/mol. The average molecular weight is 510 g/mol. The van der Waals surface area contributed by atoms with Crippen molar-refractivity contribution in [3.63, 3.8) is 0 Å². The third-order valence-corrected chi connectivity index (χ3v) is 7.17. The maximum atomic E-state index is 12.1. The lowest BCUT2D eigenvalue weighted by Gasteiger charge is -2.41. The molecule has 1 aromatic heterocycles. The summed E-state index contributed by atoms with van der Waals surface area (Å²) in [6.45, 7) is 4.44. The smallest absolute Gasteiger partial charge is 0.319 e. The standard InChI is InChI=1S/C27H31N3O5S/c1-3-28-27(32)29-22-8-6-7-21(15-22)26-34-23(17-36-24-9-4-5-14-30(24)33)18(2)25(35-26)20-12-10-19(16-31)11-13-20/h4-15,18,23,25-26,31H,3,16-17H2,1-2H3,(H2,28,29,32)/t18-,23+,25+,26+/m0/s1. The minimum absolute atomic E-state index is 0.00539. The summed E-state index contributed by atoms with van der Waals surface area (Å²) >= 11 is 1.45. The van der Waals surface area contributed by atoms with Crippen molar-refractivity contribution in [1.29, 1.82) is 0 Å². The summed E-state index contributed by atoms with van der Waals surface area (Å²) in [7, 11) is 0. The highest BCUT2D eigenvalue weighted by Crippen LogP contribution is 2.43. The number of anilines is 1. The summed E-state index contributed by atoms with van der Waals surface area (Å²) < 4.78 is 13.8. The van der Waals surface area contributed by atoms with Gasteiger partial charge in [-0.05, 0) is 36.2 Å². The maximum Gasteiger partial charge on any atom is 0.319 e. The van der Waals surface area contributed by atoms with Crippen LogP contribution >= 0.6 is 11.8 Å². The molecule has 0 bridgehead atoms. The van der Waals surface area contributed by atoms with E-state index in [0.29, 0.717) is 23.0 Å². The fourth-order valence-electron chi connectivity index (χ4n) is 4.10. The molecule has 9 heteroatoms. The fraction of sp³-hybridized carbons (Fsp3) is 0.333. The average Bonchev–Trinajstić information content (AvgIpc) is 2.89. The Kier molecular flexibility index (Phi) is 8.82. The number of pyridine rings is 1. The predicted octanol–water partition coefficient (Wildman–Crippen LogP) is 4.54. The van der Waals surface area contributed by atoms with Gasteiger partial charge in [0.15, 0.2) is 12.5 Å². The molecule has 3 N–H and O–H groups in total. The Hall–Kier alpha value is -3.11. The first-order chi connectivity index (χ1) is 17.5. The molecule has 0 saturated carbocycles. The van der Waals surface area contributed by atoms with E-state index in [9.17, 15) is 15.1 Å². The van der Waals surface area contributed by atoms with Gasteiger partial charge in [0, 0.05) is 41.6 Å². The first-order valence-corrected chi connectivity index (χ1v) is 12.9. The number of carbonyl (C=O) groups excluding carboxylic acids is 1. The lowest BCUT2D eigenvalue weighted by molar-refractivity contribution is -0.645. The molecule has 36 heavy (non-hydrogen) atoms. The van der Waals surface area contributed by atoms with Crippen molar-refractivity contribution < 1.29 is 24.1 Å². The van der Waals surface area contributed by atoms with Gasteiger partial charge in [-0.3, -0.25) is 0 Å². The summed E-state index contributed by atoms with van der Waals surface area (Å²) in [5.41, 5.74) is 3.23. The number of rotatable bonds is 8. The summed E-state index contributed by atoms with van der Waals surface area (Å²) in [5.74, 6) is 0.559. The lowest BCUT2D eigenvalue weighted by Crippen LogP contribution is -2.39. The second kappa shape index (κ2) is 12.2. The van der Waals surface area contributed by atoms with E-state index in [0.717, 1.165) is 21.4 Å². The summed E-state index contributed by atoms with van der Waals surface area (Å²) in [4.78, 5) is 12.0. The molecule has 1 saturated heterocycles. The number of benzene rings is 2. The fourth-order valence-corrected chi connectivity index (χ4v) is 5.18. The Balaban J connectivity index is 1.59. The van der Waals surface area contributed by atoms with Gasteiger partial charge in [-0.2, -0.15) is 4.73 Å². The van der Waals surface area contributed by atoms with E-state index in [1.807, 2.05) is 61.5 Å². The zero-order valence-electron chi connectivity index (χ0n) is 20.3. The van der Waals surface area contributed by atoms with Gasteiger partial charge < -0.3 is 30.4 Å². The van der Waals surface area contributed by atoms with Gasteiger partial charge in [-0.25, -0.2) is 4.79 Å². The topological polar surface area (TPSA) is 107 Å². The third-order valence-electron chi connectivity index (χ3n) is 6.06. The van der Waals surface area contributed by atoms with Crippen molar-refractivity contribution in [3.8, 4) is 0 Å². The van der Waals surface area contributed by atoms with Crippen LogP contribution in [0.5, 0.6) is 0 Å². The quantitative estimate of drug-likeness (QED) is 0.234. The van der Waals surface area contributed by atoms with Gasteiger partial charge in [-0.15, -0.1) is 0 Å². The van der Waals surface area contributed by atoms with E-state index >= 15 is 0 Å². The van der Waals surface area contributed by atoms with Gasteiger partial charge in [0.1, 0.15) is 0 Å². The first kappa shape index (κ1) is 26.0. The zero-order valence-corrected chi connectivity index (χ0v) is 21.1. The molecule has 4 atom stereocenters. The second-order valence-corrected chi connectivity index (χ2v) is 9.65. The molecule has 2 heterocycles. The minimum Gasteiger partial charge on any atom is -0.618 e. The molecule has 2 amide bonds. The van der Waals surface area contributed by atoms with Crippen LogP contribution in [0.2, 0.25) is 0 Å². The number of urea groups is 1. The number of aromatic nitrogens is 1. The van der Waals surface area contributed by atoms with Crippen molar-refractivity contribution in [3.05, 3.63) is 94.8 Å². The van der Waals surface area contributed by atoms with Crippen LogP contribution in [0.3, 0.4) is 0 Å². The Bertz CT molecular complexity index is 1160. The van der Waals surface area contributed by atoms with Crippen LogP contribution in [-0.4, -0.2) is 29.5 Å². The maximum absolute atomic E-state index is 12.1. The summed E-state index contributed by atoms with van der Waals surface area (Å²) in [6.07, 6.45) is 0.340. The molecule has 0 spiro atoms. The van der Waals surface area contributed by atoms with Gasteiger partial charge in [-0.1, -0.05) is 55.1 Å². The molecule has 0 unspecified atom stereocenters. The second-order valence-electron chi connectivity index (χ2n) is 8.61. The molecule has 2 aromatic carbocycles. The van der Waals surface area contributed by atoms with Gasteiger partial charge in [0.2, 0.25) is 0 Å². The molecule has 4 rings (SSSR count). The SMILES string of the molecule is CCNC(=O)Nc1cccc([C@@H]2O[C@H](CSc3cccc[n+]3[O-])[C@H](C)[C@H](c3ccc(CO)cc3)O2)c1. The normalized spacial score (nSPS) is 21.6. The third kappa shape index (κ3) is 6.36. The van der Waals surface area contributed by atoms with E-state index < -0.39 is 6.29 Å². The Labute approximate surface area is 215 Å². The van der Waals surface area contributed by atoms with Crippen molar-refractivity contribution >= 4 is 23.5 Å². The minimum atomic E-state index is -0.666. The summed E-state index contributed by atoms with van der Waals surface area (Å²) in [6, 6.07) is 20.2. The van der Waals surface area contributed by atoms with Gasteiger partial charge >= 0.3 is 6.03 Å². The van der Waals surface area contributed by atoms with Gasteiger partial charge in [0.05, 0.1) is 18.8 Å². The Morgan fingerprint density at radius 1 is 1.08 bits per heavy atom. The lowest BCUT2D eigenvalue weighted by atomic mass is 9.91. The number of amides is 2. The van der Waals surface area contributed by atoms with E-state index in [1.54, 1.807) is 12.1 Å². The largest absolute Gasteiger partial charge is 0.618 e. The number of hydrogen-bond acceptors (Lipinski definition) is 6. The molecule has 3 aromatic rings. The molecule has 1 aliphatic rings. The number of aliphatic hydroxyl groups is 1. The number of thioether (sulfide) groups is 1. The molecule has 190 valence electrons. The first-order valence-electron chi connectivity index (χ1n) is 11.9. The molecule has 1 fully saturated rings. The van der Waals surface area contributed by atoms with Crippen molar-refractivity contribution in [2.75, 3.05) is 17.6 Å². The Morgan fingerprint density at radius 2 is 1.89 bits per heavy atom. The number of ether oxygens (including phenoxy) is 2. The molecular weight excluding hydrogens is 478 g/mol. The van der Waals surface area contributed by atoms with E-state index in [-0.39, 0.29) is 30.8 Å². The van der Waals surface area contributed by atoms with Crippen molar-refractivity contribution in [1.82, 2.24) is 5.32 Å². The molecular formula is C27H31N3O5S. The number of hydrogen-bond donors (Lipinski definition) is 3. The molecule has 0 aliphatic carbocycles. The van der Waals surface area contributed by atoms with Crippen LogP contribution in [0.15, 0.2) is 78.0 Å².